The van der Waals surface area contributed by atoms with Crippen LogP contribution in [0.5, 0.6) is 0 Å². The molecule has 0 saturated heterocycles. The minimum absolute atomic E-state index is 0.171. The number of thioether (sulfide) groups is 1. The van der Waals surface area contributed by atoms with E-state index in [1.54, 1.807) is 11.8 Å². The molecule has 90 valence electrons. The van der Waals surface area contributed by atoms with Gasteiger partial charge in [0.15, 0.2) is 0 Å². The largest absolute Gasteiger partial charge is 0.469 e. The van der Waals surface area contributed by atoms with E-state index in [-0.39, 0.29) is 5.97 Å². The van der Waals surface area contributed by atoms with Crippen molar-refractivity contribution < 1.29 is 9.53 Å². The Bertz CT molecular complexity index is 330. The Morgan fingerprint density at radius 3 is 3.12 bits per heavy atom. The number of ether oxygens (including phenoxy) is 1. The molecule has 0 unspecified atom stereocenters. The maximum Gasteiger partial charge on any atom is 0.306 e. The number of carbonyl (C=O) groups is 1. The highest BCUT2D eigenvalue weighted by Gasteiger charge is 2.07. The van der Waals surface area contributed by atoms with E-state index in [1.165, 1.54) is 18.6 Å². The van der Waals surface area contributed by atoms with Crippen LogP contribution in [0.25, 0.3) is 0 Å². The van der Waals surface area contributed by atoms with Crippen LogP contribution >= 0.6 is 23.3 Å². The van der Waals surface area contributed by atoms with Crippen LogP contribution in [0.3, 0.4) is 0 Å². The van der Waals surface area contributed by atoms with Crippen molar-refractivity contribution in [1.29, 1.82) is 0 Å². The number of hydrogen-bond donors (Lipinski definition) is 1. The van der Waals surface area contributed by atoms with Crippen molar-refractivity contribution >= 4 is 34.3 Å². The van der Waals surface area contributed by atoms with E-state index in [0.717, 1.165) is 28.7 Å². The molecule has 0 aromatic carbocycles. The molecule has 1 aromatic rings. The molecule has 0 aliphatic heterocycles. The summed E-state index contributed by atoms with van der Waals surface area (Å²) in [4.78, 5) is 10.9. The molecule has 0 saturated carbocycles. The van der Waals surface area contributed by atoms with Gasteiger partial charge in [-0.25, -0.2) is 0 Å². The van der Waals surface area contributed by atoms with Crippen LogP contribution in [0.15, 0.2) is 0 Å². The molecule has 5 nitrogen and oxygen atoms in total. The quantitative estimate of drug-likeness (QED) is 0.596. The van der Waals surface area contributed by atoms with E-state index in [1.807, 2.05) is 6.92 Å². The van der Waals surface area contributed by atoms with Gasteiger partial charge >= 0.3 is 5.97 Å². The molecule has 0 aliphatic carbocycles. The molecule has 0 atom stereocenters. The van der Waals surface area contributed by atoms with Gasteiger partial charge in [0.1, 0.15) is 10.7 Å². The molecule has 1 aromatic heterocycles. The predicted octanol–water partition coefficient (Wildman–Crippen LogP) is 1.77. The Balaban J connectivity index is 2.26. The zero-order chi connectivity index (χ0) is 11.8. The van der Waals surface area contributed by atoms with E-state index >= 15 is 0 Å². The molecule has 0 radical (unpaired) electrons. The van der Waals surface area contributed by atoms with Crippen LogP contribution in [-0.2, 0) is 15.3 Å². The fraction of sp³-hybridized carbons (Fsp3) is 0.667. The van der Waals surface area contributed by atoms with E-state index < -0.39 is 0 Å². The minimum atomic E-state index is -0.171. The molecular formula is C9H15N3O2S2. The van der Waals surface area contributed by atoms with Gasteiger partial charge < -0.3 is 10.1 Å². The van der Waals surface area contributed by atoms with Crippen molar-refractivity contribution in [3.63, 3.8) is 0 Å². The average Bonchev–Trinajstić information content (AvgIpc) is 2.72. The third-order valence-corrected chi connectivity index (χ3v) is 3.51. The summed E-state index contributed by atoms with van der Waals surface area (Å²) >= 11 is 3.02. The number of aromatic nitrogens is 2. The summed E-state index contributed by atoms with van der Waals surface area (Å²) in [6.45, 7) is 2.90. The number of carbonyl (C=O) groups excluding carboxylic acids is 1. The van der Waals surface area contributed by atoms with E-state index in [0.29, 0.717) is 6.42 Å². The van der Waals surface area contributed by atoms with Gasteiger partial charge in [-0.1, -0.05) is 4.49 Å². The molecule has 0 bridgehead atoms. The minimum Gasteiger partial charge on any atom is -0.469 e. The van der Waals surface area contributed by atoms with Gasteiger partial charge in [0.2, 0.25) is 0 Å². The topological polar surface area (TPSA) is 64.1 Å². The summed E-state index contributed by atoms with van der Waals surface area (Å²) in [6, 6.07) is 0. The first-order valence-electron chi connectivity index (χ1n) is 4.97. The van der Waals surface area contributed by atoms with Crippen molar-refractivity contribution in [1.82, 2.24) is 9.59 Å². The van der Waals surface area contributed by atoms with Gasteiger partial charge in [-0.3, -0.25) is 4.79 Å². The molecule has 0 fully saturated rings. The summed E-state index contributed by atoms with van der Waals surface area (Å²) in [5, 5.41) is 8.27. The fourth-order valence-corrected chi connectivity index (χ4v) is 2.61. The maximum absolute atomic E-state index is 10.9. The fourth-order valence-electron chi connectivity index (χ4n) is 1.02. The first-order chi connectivity index (χ1) is 7.77. The van der Waals surface area contributed by atoms with Crippen molar-refractivity contribution in [2.24, 2.45) is 0 Å². The molecule has 0 aliphatic rings. The Morgan fingerprint density at radius 1 is 1.62 bits per heavy atom. The van der Waals surface area contributed by atoms with Gasteiger partial charge in [-0.15, -0.1) is 5.10 Å². The Morgan fingerprint density at radius 2 is 2.44 bits per heavy atom. The number of anilines is 1. The molecule has 7 heteroatoms. The van der Waals surface area contributed by atoms with E-state index in [9.17, 15) is 4.79 Å². The molecular weight excluding hydrogens is 246 g/mol. The lowest BCUT2D eigenvalue weighted by molar-refractivity contribution is -0.140. The molecule has 1 rings (SSSR count). The van der Waals surface area contributed by atoms with Crippen molar-refractivity contribution in [2.75, 3.05) is 24.7 Å². The van der Waals surface area contributed by atoms with Crippen LogP contribution in [0.4, 0.5) is 5.00 Å². The van der Waals surface area contributed by atoms with Gasteiger partial charge in [0.05, 0.1) is 13.5 Å². The number of methoxy groups -OCH3 is 1. The summed E-state index contributed by atoms with van der Waals surface area (Å²) < 4.78 is 8.45. The highest BCUT2D eigenvalue weighted by molar-refractivity contribution is 7.98. The van der Waals surface area contributed by atoms with Crippen LogP contribution in [0.2, 0.25) is 0 Å². The Labute approximate surface area is 103 Å². The zero-order valence-electron chi connectivity index (χ0n) is 9.36. The molecule has 1 heterocycles. The molecule has 0 amide bonds. The first-order valence-corrected chi connectivity index (χ1v) is 6.90. The maximum atomic E-state index is 10.9. The third kappa shape index (κ3) is 4.36. The average molecular weight is 261 g/mol. The Hall–Kier alpha value is -0.820. The second-order valence-electron chi connectivity index (χ2n) is 2.96. The SMILES string of the molecule is CCNc1snnc1CSCCC(=O)OC. The summed E-state index contributed by atoms with van der Waals surface area (Å²) in [6.07, 6.45) is 0.440. The molecule has 16 heavy (non-hydrogen) atoms. The van der Waals surface area contributed by atoms with E-state index in [4.69, 9.17) is 0 Å². The summed E-state index contributed by atoms with van der Waals surface area (Å²) in [5.74, 6) is 1.35. The van der Waals surface area contributed by atoms with Gasteiger partial charge in [-0.05, 0) is 6.92 Å². The van der Waals surface area contributed by atoms with Crippen molar-refractivity contribution in [3.05, 3.63) is 5.69 Å². The van der Waals surface area contributed by atoms with Crippen molar-refractivity contribution in [2.45, 2.75) is 19.1 Å². The lowest BCUT2D eigenvalue weighted by atomic mass is 10.5. The van der Waals surface area contributed by atoms with Crippen LogP contribution in [0, 0.1) is 0 Å². The lowest BCUT2D eigenvalue weighted by Gasteiger charge is -2.02. The summed E-state index contributed by atoms with van der Waals surface area (Å²) in [7, 11) is 1.40. The van der Waals surface area contributed by atoms with Gasteiger partial charge in [0, 0.05) is 29.6 Å². The highest BCUT2D eigenvalue weighted by Crippen LogP contribution is 2.22. The second-order valence-corrected chi connectivity index (χ2v) is 4.82. The lowest BCUT2D eigenvalue weighted by Crippen LogP contribution is -2.02. The predicted molar refractivity (Wildman–Crippen MR) is 66.9 cm³/mol. The molecule has 1 N–H and O–H groups in total. The van der Waals surface area contributed by atoms with Gasteiger partial charge in [0.25, 0.3) is 0 Å². The number of rotatable bonds is 7. The Kier molecular flexibility index (Phi) is 6.17. The van der Waals surface area contributed by atoms with Crippen LogP contribution in [0.1, 0.15) is 19.0 Å². The van der Waals surface area contributed by atoms with Crippen LogP contribution in [-0.4, -0.2) is 35.0 Å². The zero-order valence-corrected chi connectivity index (χ0v) is 11.0. The number of hydrogen-bond acceptors (Lipinski definition) is 7. The normalized spacial score (nSPS) is 10.1. The smallest absolute Gasteiger partial charge is 0.306 e. The first kappa shape index (κ1) is 13.2. The standard InChI is InChI=1S/C9H15N3O2S2/c1-3-10-9-7(11-12-16-9)6-15-5-4-8(13)14-2/h10H,3-6H2,1-2H3. The second kappa shape index (κ2) is 7.45. The number of nitrogens with zero attached hydrogens (tertiary/aromatic N) is 2. The monoisotopic (exact) mass is 261 g/mol. The number of esters is 1. The number of nitrogens with one attached hydrogen (secondary N) is 1. The highest BCUT2D eigenvalue weighted by atomic mass is 32.2. The van der Waals surface area contributed by atoms with Crippen LogP contribution < -0.4 is 5.32 Å². The molecule has 0 spiro atoms. The third-order valence-electron chi connectivity index (χ3n) is 1.81. The summed E-state index contributed by atoms with van der Waals surface area (Å²) in [5.41, 5.74) is 0.960. The van der Waals surface area contributed by atoms with E-state index in [2.05, 4.69) is 19.6 Å². The van der Waals surface area contributed by atoms with Gasteiger partial charge in [-0.2, -0.15) is 11.8 Å². The van der Waals surface area contributed by atoms with Crippen molar-refractivity contribution in [3.8, 4) is 0 Å².